The minimum Gasteiger partial charge on any atom is -0.496 e. The van der Waals surface area contributed by atoms with E-state index in [1.807, 2.05) is 25.1 Å². The molecule has 0 fully saturated rings. The maximum absolute atomic E-state index is 12.7. The number of hydrogen-bond donors (Lipinski definition) is 3. The first-order valence-corrected chi connectivity index (χ1v) is 9.33. The van der Waals surface area contributed by atoms with Crippen LogP contribution in [0.2, 0.25) is 0 Å². The number of nitrogens with one attached hydrogen (secondary N) is 3. The van der Waals surface area contributed by atoms with E-state index in [2.05, 4.69) is 31.9 Å². The van der Waals surface area contributed by atoms with Crippen LogP contribution in [0.4, 0.5) is 11.4 Å². The SMILES string of the molecule is COc1ccc(C(C)NC(=O)c2cc(NC(C)=O)cc(NC(C)=O)c2)cc1Br. The van der Waals surface area contributed by atoms with Crippen LogP contribution in [-0.2, 0) is 9.59 Å². The average molecular weight is 448 g/mol. The summed E-state index contributed by atoms with van der Waals surface area (Å²) >= 11 is 3.43. The van der Waals surface area contributed by atoms with E-state index >= 15 is 0 Å². The highest BCUT2D eigenvalue weighted by Crippen LogP contribution is 2.28. The molecule has 2 aromatic rings. The summed E-state index contributed by atoms with van der Waals surface area (Å²) in [5.74, 6) is -0.186. The first-order valence-electron chi connectivity index (χ1n) is 8.54. The summed E-state index contributed by atoms with van der Waals surface area (Å²) in [6.45, 7) is 4.60. The molecule has 0 aliphatic heterocycles. The first kappa shape index (κ1) is 21.4. The quantitative estimate of drug-likeness (QED) is 0.625. The predicted molar refractivity (Wildman–Crippen MR) is 112 cm³/mol. The third-order valence-corrected chi connectivity index (χ3v) is 4.48. The first-order chi connectivity index (χ1) is 13.2. The molecule has 8 heteroatoms. The third kappa shape index (κ3) is 5.82. The van der Waals surface area contributed by atoms with Crippen LogP contribution in [0.5, 0.6) is 5.75 Å². The maximum atomic E-state index is 12.7. The van der Waals surface area contributed by atoms with E-state index in [1.54, 1.807) is 25.3 Å². The van der Waals surface area contributed by atoms with Gasteiger partial charge in [-0.05, 0) is 58.7 Å². The Bertz CT molecular complexity index is 880. The van der Waals surface area contributed by atoms with Gasteiger partial charge in [-0.1, -0.05) is 6.07 Å². The molecule has 28 heavy (non-hydrogen) atoms. The van der Waals surface area contributed by atoms with E-state index in [0.29, 0.717) is 22.7 Å². The number of ether oxygens (including phenoxy) is 1. The Kier molecular flexibility index (Phi) is 7.17. The number of carbonyl (C=O) groups excluding carboxylic acids is 3. The lowest BCUT2D eigenvalue weighted by Gasteiger charge is -2.17. The molecule has 0 saturated heterocycles. The van der Waals surface area contributed by atoms with Crippen molar-refractivity contribution in [3.63, 3.8) is 0 Å². The number of rotatable bonds is 6. The van der Waals surface area contributed by atoms with Crippen LogP contribution in [-0.4, -0.2) is 24.8 Å². The van der Waals surface area contributed by atoms with Gasteiger partial charge in [-0.15, -0.1) is 0 Å². The van der Waals surface area contributed by atoms with Crippen LogP contribution < -0.4 is 20.7 Å². The largest absolute Gasteiger partial charge is 0.496 e. The summed E-state index contributed by atoms with van der Waals surface area (Å²) < 4.78 is 6.00. The van der Waals surface area contributed by atoms with Gasteiger partial charge in [0.2, 0.25) is 11.8 Å². The number of amides is 3. The molecule has 0 saturated carbocycles. The van der Waals surface area contributed by atoms with E-state index in [9.17, 15) is 14.4 Å². The molecule has 0 radical (unpaired) electrons. The van der Waals surface area contributed by atoms with Crippen LogP contribution in [0.25, 0.3) is 0 Å². The Morgan fingerprint density at radius 2 is 1.54 bits per heavy atom. The Morgan fingerprint density at radius 3 is 2.00 bits per heavy atom. The molecule has 2 aromatic carbocycles. The zero-order valence-electron chi connectivity index (χ0n) is 16.1. The lowest BCUT2D eigenvalue weighted by Crippen LogP contribution is -2.27. The van der Waals surface area contributed by atoms with Crippen molar-refractivity contribution in [3.8, 4) is 5.75 Å². The fourth-order valence-corrected chi connectivity index (χ4v) is 3.18. The van der Waals surface area contributed by atoms with Crippen LogP contribution in [0.3, 0.4) is 0 Å². The smallest absolute Gasteiger partial charge is 0.251 e. The summed E-state index contributed by atoms with van der Waals surface area (Å²) in [4.78, 5) is 35.5. The summed E-state index contributed by atoms with van der Waals surface area (Å²) in [6.07, 6.45) is 0. The van der Waals surface area contributed by atoms with E-state index in [-0.39, 0.29) is 23.8 Å². The highest BCUT2D eigenvalue weighted by atomic mass is 79.9. The van der Waals surface area contributed by atoms with Gasteiger partial charge in [0.05, 0.1) is 17.6 Å². The number of methoxy groups -OCH3 is 1. The zero-order chi connectivity index (χ0) is 20.8. The molecule has 7 nitrogen and oxygen atoms in total. The van der Waals surface area contributed by atoms with Crippen LogP contribution >= 0.6 is 15.9 Å². The summed E-state index contributed by atoms with van der Waals surface area (Å²) in [6, 6.07) is 9.98. The number of halogens is 1. The van der Waals surface area contributed by atoms with Gasteiger partial charge in [-0.25, -0.2) is 0 Å². The van der Waals surface area contributed by atoms with E-state index in [0.717, 1.165) is 10.0 Å². The number of carbonyl (C=O) groups is 3. The lowest BCUT2D eigenvalue weighted by molar-refractivity contribution is -0.115. The average Bonchev–Trinajstić information content (AvgIpc) is 2.60. The Labute approximate surface area is 172 Å². The number of anilines is 2. The topological polar surface area (TPSA) is 96.5 Å². The molecule has 3 amide bonds. The van der Waals surface area contributed by atoms with Crippen LogP contribution in [0, 0.1) is 0 Å². The van der Waals surface area contributed by atoms with E-state index in [4.69, 9.17) is 4.74 Å². The zero-order valence-corrected chi connectivity index (χ0v) is 17.6. The Hall–Kier alpha value is -2.87. The molecule has 3 N–H and O–H groups in total. The Balaban J connectivity index is 2.25. The van der Waals surface area contributed by atoms with Gasteiger partial charge >= 0.3 is 0 Å². The second-order valence-corrected chi connectivity index (χ2v) is 7.10. The molecule has 0 bridgehead atoms. The molecule has 2 rings (SSSR count). The molecule has 1 unspecified atom stereocenters. The molecular formula is C20H22BrN3O4. The molecule has 0 heterocycles. The van der Waals surface area contributed by atoms with Crippen molar-refractivity contribution in [2.45, 2.75) is 26.8 Å². The molecule has 0 spiro atoms. The highest BCUT2D eigenvalue weighted by molar-refractivity contribution is 9.10. The molecule has 0 aliphatic rings. The van der Waals surface area contributed by atoms with Gasteiger partial charge in [-0.3, -0.25) is 14.4 Å². The second-order valence-electron chi connectivity index (χ2n) is 6.25. The molecular weight excluding hydrogens is 426 g/mol. The molecule has 148 valence electrons. The van der Waals surface area contributed by atoms with Crippen molar-refractivity contribution >= 4 is 45.0 Å². The van der Waals surface area contributed by atoms with Crippen LogP contribution in [0.15, 0.2) is 40.9 Å². The monoisotopic (exact) mass is 447 g/mol. The number of benzene rings is 2. The minimum atomic E-state index is -0.335. The summed E-state index contributed by atoms with van der Waals surface area (Å²) in [5, 5.41) is 8.17. The lowest BCUT2D eigenvalue weighted by atomic mass is 10.1. The van der Waals surface area contributed by atoms with Crippen molar-refractivity contribution < 1.29 is 19.1 Å². The van der Waals surface area contributed by atoms with Crippen molar-refractivity contribution in [2.75, 3.05) is 17.7 Å². The van der Waals surface area contributed by atoms with Crippen molar-refractivity contribution in [2.24, 2.45) is 0 Å². The summed E-state index contributed by atoms with van der Waals surface area (Å²) in [7, 11) is 1.58. The van der Waals surface area contributed by atoms with Gasteiger partial charge in [-0.2, -0.15) is 0 Å². The van der Waals surface area contributed by atoms with Gasteiger partial charge < -0.3 is 20.7 Å². The van der Waals surface area contributed by atoms with Crippen molar-refractivity contribution in [1.82, 2.24) is 5.32 Å². The van der Waals surface area contributed by atoms with Gasteiger partial charge in [0.25, 0.3) is 5.91 Å². The fraction of sp³-hybridized carbons (Fsp3) is 0.250. The Morgan fingerprint density at radius 1 is 0.964 bits per heavy atom. The van der Waals surface area contributed by atoms with E-state index in [1.165, 1.54) is 13.8 Å². The van der Waals surface area contributed by atoms with Gasteiger partial charge in [0.15, 0.2) is 0 Å². The maximum Gasteiger partial charge on any atom is 0.251 e. The third-order valence-electron chi connectivity index (χ3n) is 3.86. The molecule has 1 atom stereocenters. The minimum absolute atomic E-state index is 0.275. The van der Waals surface area contributed by atoms with E-state index < -0.39 is 0 Å². The van der Waals surface area contributed by atoms with Crippen molar-refractivity contribution in [1.29, 1.82) is 0 Å². The van der Waals surface area contributed by atoms with Crippen LogP contribution in [0.1, 0.15) is 42.7 Å². The van der Waals surface area contributed by atoms with Gasteiger partial charge in [0, 0.05) is 30.8 Å². The highest BCUT2D eigenvalue weighted by Gasteiger charge is 2.15. The number of hydrogen-bond acceptors (Lipinski definition) is 4. The van der Waals surface area contributed by atoms with Gasteiger partial charge in [0.1, 0.15) is 5.75 Å². The molecule has 0 aromatic heterocycles. The molecule has 0 aliphatic carbocycles. The van der Waals surface area contributed by atoms with Crippen molar-refractivity contribution in [3.05, 3.63) is 52.0 Å². The summed E-state index contributed by atoms with van der Waals surface area (Å²) in [5.41, 5.74) is 2.04. The standard InChI is InChI=1S/C20H22BrN3O4/c1-11(14-5-6-19(28-4)18(21)9-14)22-20(27)15-7-16(23-12(2)25)10-17(8-15)24-13(3)26/h5-11H,1-4H3,(H,22,27)(H,23,25)(H,24,26). The normalized spacial score (nSPS) is 11.3. The predicted octanol–water partition coefficient (Wildman–Crippen LogP) is 3.87. The fourth-order valence-electron chi connectivity index (χ4n) is 2.62. The second kappa shape index (κ2) is 9.36.